The highest BCUT2D eigenvalue weighted by molar-refractivity contribution is 5.88. The molecular formula is C17H14O8. The second-order valence-corrected chi connectivity index (χ2v) is 5.18. The van der Waals surface area contributed by atoms with E-state index in [1.807, 2.05) is 0 Å². The Hall–Kier alpha value is -3.55. The van der Waals surface area contributed by atoms with Gasteiger partial charge in [-0.3, -0.25) is 4.79 Å². The average molecular weight is 346 g/mol. The van der Waals surface area contributed by atoms with Crippen LogP contribution >= 0.6 is 0 Å². The van der Waals surface area contributed by atoms with Crippen molar-refractivity contribution in [2.45, 2.75) is 0 Å². The Morgan fingerprint density at radius 3 is 2.28 bits per heavy atom. The Kier molecular flexibility index (Phi) is 3.80. The van der Waals surface area contributed by atoms with Gasteiger partial charge in [-0.15, -0.1) is 0 Å². The molecule has 0 saturated carbocycles. The van der Waals surface area contributed by atoms with E-state index in [-0.39, 0.29) is 45.3 Å². The number of rotatable bonds is 3. The fourth-order valence-corrected chi connectivity index (χ4v) is 2.55. The van der Waals surface area contributed by atoms with Crippen LogP contribution in [0.25, 0.3) is 22.3 Å². The molecule has 0 atom stereocenters. The van der Waals surface area contributed by atoms with Crippen LogP contribution in [-0.2, 0) is 0 Å². The number of methoxy groups -OCH3 is 2. The lowest BCUT2D eigenvalue weighted by Gasteiger charge is -2.12. The zero-order chi connectivity index (χ0) is 18.3. The van der Waals surface area contributed by atoms with Gasteiger partial charge in [0.05, 0.1) is 14.2 Å². The van der Waals surface area contributed by atoms with Gasteiger partial charge < -0.3 is 34.3 Å². The Labute approximate surface area is 140 Å². The molecule has 25 heavy (non-hydrogen) atoms. The van der Waals surface area contributed by atoms with Crippen molar-refractivity contribution < 1.29 is 34.3 Å². The number of benzene rings is 2. The number of hydrogen-bond donors (Lipinski definition) is 4. The van der Waals surface area contributed by atoms with Crippen molar-refractivity contribution in [2.24, 2.45) is 0 Å². The van der Waals surface area contributed by atoms with E-state index < -0.39 is 16.9 Å². The molecule has 0 aliphatic rings. The number of aromatic hydroxyl groups is 4. The summed E-state index contributed by atoms with van der Waals surface area (Å²) in [5.41, 5.74) is -0.887. The number of ether oxygens (including phenoxy) is 2. The largest absolute Gasteiger partial charge is 0.508 e. The summed E-state index contributed by atoms with van der Waals surface area (Å²) in [6.45, 7) is 0. The van der Waals surface area contributed by atoms with Gasteiger partial charge >= 0.3 is 0 Å². The van der Waals surface area contributed by atoms with Crippen LogP contribution in [0, 0.1) is 0 Å². The van der Waals surface area contributed by atoms with Gasteiger partial charge in [-0.05, 0) is 12.1 Å². The summed E-state index contributed by atoms with van der Waals surface area (Å²) in [4.78, 5) is 12.3. The lowest BCUT2D eigenvalue weighted by Crippen LogP contribution is -2.03. The Morgan fingerprint density at radius 2 is 1.64 bits per heavy atom. The minimum absolute atomic E-state index is 0.0733. The molecule has 0 saturated heterocycles. The van der Waals surface area contributed by atoms with Gasteiger partial charge in [-0.1, -0.05) is 0 Å². The van der Waals surface area contributed by atoms with E-state index in [0.29, 0.717) is 0 Å². The van der Waals surface area contributed by atoms with Crippen molar-refractivity contribution in [2.75, 3.05) is 14.2 Å². The van der Waals surface area contributed by atoms with Crippen LogP contribution in [0.1, 0.15) is 0 Å². The molecule has 130 valence electrons. The van der Waals surface area contributed by atoms with Crippen LogP contribution in [0.15, 0.2) is 33.5 Å². The van der Waals surface area contributed by atoms with Gasteiger partial charge in [-0.25, -0.2) is 0 Å². The van der Waals surface area contributed by atoms with E-state index in [1.54, 1.807) is 0 Å². The monoisotopic (exact) mass is 346 g/mol. The molecule has 3 aromatic rings. The maximum absolute atomic E-state index is 12.3. The van der Waals surface area contributed by atoms with E-state index in [9.17, 15) is 25.2 Å². The molecule has 2 aromatic carbocycles. The summed E-state index contributed by atoms with van der Waals surface area (Å²) in [6, 6.07) is 4.69. The molecule has 1 aromatic heterocycles. The van der Waals surface area contributed by atoms with E-state index in [2.05, 4.69) is 0 Å². The zero-order valence-electron chi connectivity index (χ0n) is 13.2. The molecular weight excluding hydrogens is 332 g/mol. The first-order valence-corrected chi connectivity index (χ1v) is 7.04. The number of phenols is 3. The highest BCUT2D eigenvalue weighted by Gasteiger charge is 2.21. The summed E-state index contributed by atoms with van der Waals surface area (Å²) >= 11 is 0. The molecule has 0 spiro atoms. The predicted molar refractivity (Wildman–Crippen MR) is 87.7 cm³/mol. The van der Waals surface area contributed by atoms with Crippen LogP contribution in [0.4, 0.5) is 0 Å². The standard InChI is InChI=1S/C17H14O8/c1-23-12-4-7(3-10(20)17(12)24-2)16-15(22)14(21)13-9(19)5-8(18)6-11(13)25-16/h3-6,18-20,22H,1-2H3. The molecule has 0 radical (unpaired) electrons. The second kappa shape index (κ2) is 5.82. The Bertz CT molecular complexity index is 1040. The Balaban J connectivity index is 2.35. The van der Waals surface area contributed by atoms with Gasteiger partial charge in [-0.2, -0.15) is 0 Å². The third-order valence-corrected chi connectivity index (χ3v) is 3.66. The smallest absolute Gasteiger partial charge is 0.238 e. The molecule has 0 amide bonds. The molecule has 8 nitrogen and oxygen atoms in total. The summed E-state index contributed by atoms with van der Waals surface area (Å²) in [6.07, 6.45) is 0. The van der Waals surface area contributed by atoms with E-state index in [4.69, 9.17) is 13.9 Å². The molecule has 8 heteroatoms. The van der Waals surface area contributed by atoms with Crippen LogP contribution in [0.5, 0.6) is 34.5 Å². The molecule has 0 aliphatic carbocycles. The first-order valence-electron chi connectivity index (χ1n) is 7.04. The fraction of sp³-hybridized carbons (Fsp3) is 0.118. The lowest BCUT2D eigenvalue weighted by atomic mass is 10.1. The van der Waals surface area contributed by atoms with Gasteiger partial charge in [0.25, 0.3) is 0 Å². The van der Waals surface area contributed by atoms with E-state index in [1.165, 1.54) is 26.4 Å². The van der Waals surface area contributed by atoms with E-state index >= 15 is 0 Å². The molecule has 1 heterocycles. The highest BCUT2D eigenvalue weighted by atomic mass is 16.5. The quantitative estimate of drug-likeness (QED) is 0.568. The topological polar surface area (TPSA) is 130 Å². The normalized spacial score (nSPS) is 10.8. The maximum atomic E-state index is 12.3. The summed E-state index contributed by atoms with van der Waals surface area (Å²) < 4.78 is 15.6. The molecule has 4 N–H and O–H groups in total. The molecule has 0 fully saturated rings. The molecule has 0 bridgehead atoms. The first kappa shape index (κ1) is 16.3. The highest BCUT2D eigenvalue weighted by Crippen LogP contribution is 2.43. The lowest BCUT2D eigenvalue weighted by molar-refractivity contribution is 0.333. The van der Waals surface area contributed by atoms with Gasteiger partial charge in [0.15, 0.2) is 17.3 Å². The summed E-state index contributed by atoms with van der Waals surface area (Å²) in [5, 5.41) is 39.3. The number of fused-ring (bicyclic) bond motifs is 1. The molecule has 0 unspecified atom stereocenters. The minimum Gasteiger partial charge on any atom is -0.508 e. The van der Waals surface area contributed by atoms with E-state index in [0.717, 1.165) is 12.1 Å². The fourth-order valence-electron chi connectivity index (χ4n) is 2.55. The Morgan fingerprint density at radius 1 is 0.920 bits per heavy atom. The zero-order valence-corrected chi connectivity index (χ0v) is 13.2. The van der Waals surface area contributed by atoms with Crippen molar-refractivity contribution in [3.8, 4) is 45.8 Å². The predicted octanol–water partition coefficient (Wildman–Crippen LogP) is 2.30. The second-order valence-electron chi connectivity index (χ2n) is 5.18. The van der Waals surface area contributed by atoms with Gasteiger partial charge in [0, 0.05) is 17.7 Å². The van der Waals surface area contributed by atoms with Gasteiger partial charge in [0.2, 0.25) is 16.9 Å². The minimum atomic E-state index is -0.886. The number of hydrogen-bond acceptors (Lipinski definition) is 8. The molecule has 3 rings (SSSR count). The van der Waals surface area contributed by atoms with Crippen LogP contribution in [-0.4, -0.2) is 34.6 Å². The summed E-state index contributed by atoms with van der Waals surface area (Å²) in [7, 11) is 2.70. The van der Waals surface area contributed by atoms with Gasteiger partial charge in [0.1, 0.15) is 22.5 Å². The van der Waals surface area contributed by atoms with Crippen LogP contribution in [0.3, 0.4) is 0 Å². The van der Waals surface area contributed by atoms with Crippen molar-refractivity contribution in [3.63, 3.8) is 0 Å². The van der Waals surface area contributed by atoms with Crippen LogP contribution in [0.2, 0.25) is 0 Å². The molecule has 0 aliphatic heterocycles. The van der Waals surface area contributed by atoms with Crippen LogP contribution < -0.4 is 14.9 Å². The third-order valence-electron chi connectivity index (χ3n) is 3.66. The van der Waals surface area contributed by atoms with Crippen molar-refractivity contribution >= 4 is 11.0 Å². The SMILES string of the molecule is COc1cc(-c2oc3cc(O)cc(O)c3c(=O)c2O)cc(O)c1OC. The maximum Gasteiger partial charge on any atom is 0.238 e. The third kappa shape index (κ3) is 2.53. The van der Waals surface area contributed by atoms with Crippen molar-refractivity contribution in [3.05, 3.63) is 34.5 Å². The van der Waals surface area contributed by atoms with Crippen molar-refractivity contribution in [1.82, 2.24) is 0 Å². The number of phenolic OH excluding ortho intramolecular Hbond substituents is 3. The first-order chi connectivity index (χ1) is 11.9. The van der Waals surface area contributed by atoms with Crippen molar-refractivity contribution in [1.29, 1.82) is 0 Å². The average Bonchev–Trinajstić information content (AvgIpc) is 2.56. The summed E-state index contributed by atoms with van der Waals surface area (Å²) in [5.74, 6) is -1.94.